The maximum atomic E-state index is 5.78. The third kappa shape index (κ3) is 1.48. The monoisotopic (exact) mass is 158 g/mol. The van der Waals surface area contributed by atoms with Gasteiger partial charge in [0.2, 0.25) is 0 Å². The largest absolute Gasteiger partial charge is 0.374 e. The predicted molar refractivity (Wildman–Crippen MR) is 44.5 cm³/mol. The Hall–Kier alpha value is 0.310. The number of hydrogen-bond donors (Lipinski definition) is 0. The van der Waals surface area contributed by atoms with E-state index in [1.54, 1.807) is 0 Å². The molecule has 1 nitrogen and oxygen atoms in total. The molecule has 0 aliphatic carbocycles. The second-order valence-electron chi connectivity index (χ2n) is 3.17. The van der Waals surface area contributed by atoms with E-state index >= 15 is 0 Å². The van der Waals surface area contributed by atoms with Gasteiger partial charge in [0.05, 0.1) is 12.2 Å². The zero-order chi connectivity index (χ0) is 6.81. The summed E-state index contributed by atoms with van der Waals surface area (Å²) in [7, 11) is 0. The lowest BCUT2D eigenvalue weighted by atomic mass is 10.1. The van der Waals surface area contributed by atoms with Crippen LogP contribution < -0.4 is 0 Å². The Morgan fingerprint density at radius 1 is 1.10 bits per heavy atom. The van der Waals surface area contributed by atoms with Gasteiger partial charge in [0.1, 0.15) is 0 Å². The van der Waals surface area contributed by atoms with Gasteiger partial charge in [-0.1, -0.05) is 0 Å². The molecule has 58 valence electrons. The summed E-state index contributed by atoms with van der Waals surface area (Å²) in [5.41, 5.74) is 0. The van der Waals surface area contributed by atoms with Gasteiger partial charge < -0.3 is 4.74 Å². The van der Waals surface area contributed by atoms with Crippen LogP contribution in [0.4, 0.5) is 0 Å². The van der Waals surface area contributed by atoms with E-state index in [0.29, 0.717) is 12.2 Å². The molecule has 0 aromatic heterocycles. The summed E-state index contributed by atoms with van der Waals surface area (Å²) in [5.74, 6) is 2.60. The molecule has 10 heavy (non-hydrogen) atoms. The molecule has 0 amide bonds. The van der Waals surface area contributed by atoms with Gasteiger partial charge >= 0.3 is 0 Å². The normalized spacial score (nSPS) is 40.8. The number of rotatable bonds is 0. The molecule has 2 atom stereocenters. The van der Waals surface area contributed by atoms with Gasteiger partial charge in [-0.25, -0.2) is 0 Å². The first-order valence-corrected chi connectivity index (χ1v) is 5.34. The molecule has 2 bridgehead atoms. The summed E-state index contributed by atoms with van der Waals surface area (Å²) < 4.78 is 5.78. The Bertz CT molecular complexity index is 104. The first-order chi connectivity index (χ1) is 4.95. The van der Waals surface area contributed by atoms with E-state index in [1.165, 1.54) is 37.2 Å². The van der Waals surface area contributed by atoms with Crippen molar-refractivity contribution in [1.82, 2.24) is 0 Å². The highest BCUT2D eigenvalue weighted by atomic mass is 32.2. The van der Waals surface area contributed by atoms with Crippen LogP contribution in [-0.2, 0) is 4.74 Å². The van der Waals surface area contributed by atoms with Crippen molar-refractivity contribution in [3.8, 4) is 0 Å². The van der Waals surface area contributed by atoms with E-state index in [-0.39, 0.29) is 0 Å². The quantitative estimate of drug-likeness (QED) is 0.533. The van der Waals surface area contributed by atoms with Gasteiger partial charge in [-0.3, -0.25) is 0 Å². The molecule has 2 aliphatic rings. The molecule has 0 aromatic carbocycles. The molecule has 2 aliphatic heterocycles. The van der Waals surface area contributed by atoms with E-state index in [4.69, 9.17) is 4.74 Å². The Labute approximate surface area is 66.5 Å². The zero-order valence-corrected chi connectivity index (χ0v) is 7.03. The average molecular weight is 158 g/mol. The summed E-state index contributed by atoms with van der Waals surface area (Å²) in [6.07, 6.45) is 6.55. The summed E-state index contributed by atoms with van der Waals surface area (Å²) >= 11 is 2.06. The van der Waals surface area contributed by atoms with E-state index in [9.17, 15) is 0 Å². The van der Waals surface area contributed by atoms with Crippen molar-refractivity contribution in [2.75, 3.05) is 11.5 Å². The summed E-state index contributed by atoms with van der Waals surface area (Å²) in [4.78, 5) is 0. The van der Waals surface area contributed by atoms with E-state index < -0.39 is 0 Å². The van der Waals surface area contributed by atoms with Crippen molar-refractivity contribution in [2.24, 2.45) is 0 Å². The molecular formula is C8H14OS. The second-order valence-corrected chi connectivity index (χ2v) is 4.32. The fourth-order valence-corrected chi connectivity index (χ4v) is 2.79. The van der Waals surface area contributed by atoms with Gasteiger partial charge in [-0.15, -0.1) is 0 Å². The molecular weight excluding hydrogens is 144 g/mol. The van der Waals surface area contributed by atoms with Crippen LogP contribution in [0.15, 0.2) is 0 Å². The standard InChI is InChI=1S/C8H14OS/c1-2-7-3-4-8(9-7)6-10-5-1/h7-8H,1-6H2. The molecule has 2 rings (SSSR count). The molecule has 2 unspecified atom stereocenters. The van der Waals surface area contributed by atoms with Crippen molar-refractivity contribution in [3.05, 3.63) is 0 Å². The van der Waals surface area contributed by atoms with Crippen molar-refractivity contribution >= 4 is 11.8 Å². The lowest BCUT2D eigenvalue weighted by molar-refractivity contribution is 0.0518. The number of thioether (sulfide) groups is 1. The van der Waals surface area contributed by atoms with Crippen LogP contribution in [0.25, 0.3) is 0 Å². The molecule has 0 spiro atoms. The Kier molecular flexibility index (Phi) is 2.19. The molecule has 2 heterocycles. The minimum absolute atomic E-state index is 0.607. The van der Waals surface area contributed by atoms with Crippen LogP contribution in [-0.4, -0.2) is 23.7 Å². The predicted octanol–water partition coefficient (Wildman–Crippen LogP) is 2.06. The molecule has 2 saturated heterocycles. The Morgan fingerprint density at radius 3 is 3.00 bits per heavy atom. The molecule has 0 radical (unpaired) electrons. The van der Waals surface area contributed by atoms with Crippen LogP contribution in [0, 0.1) is 0 Å². The Morgan fingerprint density at radius 2 is 2.00 bits per heavy atom. The van der Waals surface area contributed by atoms with Gasteiger partial charge in [-0.2, -0.15) is 11.8 Å². The topological polar surface area (TPSA) is 9.23 Å². The summed E-state index contributed by atoms with van der Waals surface area (Å²) in [6.45, 7) is 0. The number of hydrogen-bond acceptors (Lipinski definition) is 2. The fraction of sp³-hybridized carbons (Fsp3) is 1.00. The van der Waals surface area contributed by atoms with Crippen LogP contribution in [0.3, 0.4) is 0 Å². The third-order valence-corrected chi connectivity index (χ3v) is 3.50. The minimum Gasteiger partial charge on any atom is -0.374 e. The molecule has 2 fully saturated rings. The molecule has 0 aromatic rings. The SMILES string of the molecule is C1CSCC2CCC(C1)O2. The zero-order valence-electron chi connectivity index (χ0n) is 6.21. The second kappa shape index (κ2) is 3.14. The Balaban J connectivity index is 1.91. The van der Waals surface area contributed by atoms with Crippen molar-refractivity contribution in [2.45, 2.75) is 37.9 Å². The van der Waals surface area contributed by atoms with Gasteiger partial charge in [0, 0.05) is 5.75 Å². The highest BCUT2D eigenvalue weighted by molar-refractivity contribution is 7.99. The van der Waals surface area contributed by atoms with Crippen LogP contribution >= 0.6 is 11.8 Å². The van der Waals surface area contributed by atoms with Crippen LogP contribution in [0.2, 0.25) is 0 Å². The molecule has 2 heteroatoms. The van der Waals surface area contributed by atoms with Crippen LogP contribution in [0.1, 0.15) is 25.7 Å². The maximum absolute atomic E-state index is 5.78. The van der Waals surface area contributed by atoms with Gasteiger partial charge in [-0.05, 0) is 31.4 Å². The molecule has 0 N–H and O–H groups in total. The van der Waals surface area contributed by atoms with E-state index in [0.717, 1.165) is 0 Å². The highest BCUT2D eigenvalue weighted by Crippen LogP contribution is 2.28. The number of fused-ring (bicyclic) bond motifs is 2. The van der Waals surface area contributed by atoms with E-state index in [2.05, 4.69) is 11.8 Å². The van der Waals surface area contributed by atoms with Crippen molar-refractivity contribution in [1.29, 1.82) is 0 Å². The average Bonchev–Trinajstić information content (AvgIpc) is 2.30. The lowest BCUT2D eigenvalue weighted by Gasteiger charge is -2.16. The summed E-state index contributed by atoms with van der Waals surface area (Å²) in [6, 6.07) is 0. The smallest absolute Gasteiger partial charge is 0.0670 e. The lowest BCUT2D eigenvalue weighted by Crippen LogP contribution is -2.16. The summed E-state index contributed by atoms with van der Waals surface area (Å²) in [5, 5.41) is 0. The van der Waals surface area contributed by atoms with E-state index in [1.807, 2.05) is 0 Å². The maximum Gasteiger partial charge on any atom is 0.0670 e. The van der Waals surface area contributed by atoms with Crippen molar-refractivity contribution < 1.29 is 4.74 Å². The fourth-order valence-electron chi connectivity index (χ4n) is 1.74. The first kappa shape index (κ1) is 6.99. The number of ether oxygens (including phenoxy) is 1. The first-order valence-electron chi connectivity index (χ1n) is 4.18. The minimum atomic E-state index is 0.607. The highest BCUT2D eigenvalue weighted by Gasteiger charge is 2.25. The van der Waals surface area contributed by atoms with Gasteiger partial charge in [0.25, 0.3) is 0 Å². The molecule has 0 saturated carbocycles. The third-order valence-electron chi connectivity index (χ3n) is 2.31. The van der Waals surface area contributed by atoms with Crippen molar-refractivity contribution in [3.63, 3.8) is 0 Å². The van der Waals surface area contributed by atoms with Crippen LogP contribution in [0.5, 0.6) is 0 Å². The van der Waals surface area contributed by atoms with Gasteiger partial charge in [0.15, 0.2) is 0 Å².